The van der Waals surface area contributed by atoms with Crippen molar-refractivity contribution in [1.82, 2.24) is 10.6 Å². The summed E-state index contributed by atoms with van der Waals surface area (Å²) in [6.45, 7) is 10.5. The minimum atomic E-state index is -0.450. The van der Waals surface area contributed by atoms with Gasteiger partial charge >= 0.3 is 6.09 Å². The molecule has 0 aromatic carbocycles. The molecule has 0 aromatic heterocycles. The van der Waals surface area contributed by atoms with E-state index in [4.69, 9.17) is 4.74 Å². The number of rotatable bonds is 5. The zero-order valence-corrected chi connectivity index (χ0v) is 15.0. The zero-order chi connectivity index (χ0) is 16.4. The lowest BCUT2D eigenvalue weighted by molar-refractivity contribution is 0.0469. The highest BCUT2D eigenvalue weighted by atomic mass is 16.6. The third kappa shape index (κ3) is 6.15. The van der Waals surface area contributed by atoms with Crippen LogP contribution in [0.15, 0.2) is 0 Å². The van der Waals surface area contributed by atoms with Gasteiger partial charge in [-0.1, -0.05) is 12.8 Å². The maximum Gasteiger partial charge on any atom is 0.408 e. The summed E-state index contributed by atoms with van der Waals surface area (Å²) in [6, 6.07) is 0.610. The summed E-state index contributed by atoms with van der Waals surface area (Å²) in [5.74, 6) is 1.95. The Morgan fingerprint density at radius 3 is 2.32 bits per heavy atom. The Kier molecular flexibility index (Phi) is 5.41. The number of hydrogen-bond acceptors (Lipinski definition) is 3. The molecule has 0 heterocycles. The van der Waals surface area contributed by atoms with Crippen LogP contribution < -0.4 is 10.6 Å². The topological polar surface area (TPSA) is 50.4 Å². The SMILES string of the molecule is CC(C)(CNC1CCCC(C2CC2)C1)NC(=O)OC(C)(C)C. The van der Waals surface area contributed by atoms with Crippen molar-refractivity contribution in [2.75, 3.05) is 6.54 Å². The molecule has 4 nitrogen and oxygen atoms in total. The largest absolute Gasteiger partial charge is 0.444 e. The van der Waals surface area contributed by atoms with Gasteiger partial charge < -0.3 is 15.4 Å². The highest BCUT2D eigenvalue weighted by Crippen LogP contribution is 2.43. The first-order valence-electron chi connectivity index (χ1n) is 8.89. The Balaban J connectivity index is 1.73. The van der Waals surface area contributed by atoms with Crippen LogP contribution in [0.3, 0.4) is 0 Å². The lowest BCUT2D eigenvalue weighted by Crippen LogP contribution is -2.53. The molecule has 2 rings (SSSR count). The van der Waals surface area contributed by atoms with Crippen LogP contribution in [0.4, 0.5) is 4.79 Å². The third-order valence-electron chi connectivity index (χ3n) is 4.68. The fraction of sp³-hybridized carbons (Fsp3) is 0.944. The van der Waals surface area contributed by atoms with Gasteiger partial charge in [0, 0.05) is 12.6 Å². The van der Waals surface area contributed by atoms with E-state index in [9.17, 15) is 4.79 Å². The second-order valence-electron chi connectivity index (χ2n) is 8.85. The van der Waals surface area contributed by atoms with Crippen molar-refractivity contribution in [3.05, 3.63) is 0 Å². The lowest BCUT2D eigenvalue weighted by Gasteiger charge is -2.34. The van der Waals surface area contributed by atoms with Crippen molar-refractivity contribution in [3.8, 4) is 0 Å². The van der Waals surface area contributed by atoms with Gasteiger partial charge in [0.05, 0.1) is 5.54 Å². The summed E-state index contributed by atoms with van der Waals surface area (Å²) in [7, 11) is 0. The van der Waals surface area contributed by atoms with Gasteiger partial charge in [-0.15, -0.1) is 0 Å². The van der Waals surface area contributed by atoms with Crippen LogP contribution in [0.1, 0.15) is 73.1 Å². The summed E-state index contributed by atoms with van der Waals surface area (Å²) in [4.78, 5) is 11.9. The molecule has 0 radical (unpaired) electrons. The molecule has 2 fully saturated rings. The van der Waals surface area contributed by atoms with Crippen LogP contribution >= 0.6 is 0 Å². The molecule has 2 saturated carbocycles. The lowest BCUT2D eigenvalue weighted by atomic mass is 9.82. The molecule has 22 heavy (non-hydrogen) atoms. The number of nitrogens with one attached hydrogen (secondary N) is 2. The number of carbonyl (C=O) groups is 1. The molecule has 2 aliphatic rings. The van der Waals surface area contributed by atoms with E-state index in [1.54, 1.807) is 0 Å². The highest BCUT2D eigenvalue weighted by molar-refractivity contribution is 5.68. The molecule has 0 spiro atoms. The summed E-state index contributed by atoms with van der Waals surface area (Å²) in [5, 5.41) is 6.65. The number of carbonyl (C=O) groups excluding carboxylic acids is 1. The molecule has 0 bridgehead atoms. The highest BCUT2D eigenvalue weighted by Gasteiger charge is 2.35. The molecule has 4 heteroatoms. The van der Waals surface area contributed by atoms with Gasteiger partial charge in [0.15, 0.2) is 0 Å². The van der Waals surface area contributed by atoms with Crippen LogP contribution in [-0.4, -0.2) is 29.8 Å². The smallest absolute Gasteiger partial charge is 0.408 e. The van der Waals surface area contributed by atoms with E-state index in [1.165, 1.54) is 38.5 Å². The molecule has 2 aliphatic carbocycles. The van der Waals surface area contributed by atoms with Crippen molar-refractivity contribution >= 4 is 6.09 Å². The van der Waals surface area contributed by atoms with Crippen LogP contribution in [0.2, 0.25) is 0 Å². The molecule has 128 valence electrons. The second kappa shape index (κ2) is 6.77. The van der Waals surface area contributed by atoms with Gasteiger partial charge in [0.25, 0.3) is 0 Å². The van der Waals surface area contributed by atoms with E-state index in [0.29, 0.717) is 6.04 Å². The normalized spacial score (nSPS) is 26.6. The number of amides is 1. The van der Waals surface area contributed by atoms with Gasteiger partial charge in [-0.25, -0.2) is 4.79 Å². The Bertz CT molecular complexity index is 383. The van der Waals surface area contributed by atoms with Crippen molar-refractivity contribution in [2.24, 2.45) is 11.8 Å². The predicted octanol–water partition coefficient (Wildman–Crippen LogP) is 3.85. The molecular weight excluding hydrogens is 276 g/mol. The second-order valence-corrected chi connectivity index (χ2v) is 8.85. The molecule has 2 unspecified atom stereocenters. The molecule has 2 N–H and O–H groups in total. The molecule has 2 atom stereocenters. The first-order chi connectivity index (χ1) is 10.1. The molecule has 1 amide bonds. The van der Waals surface area contributed by atoms with E-state index in [-0.39, 0.29) is 11.6 Å². The fourth-order valence-corrected chi connectivity index (χ4v) is 3.43. The van der Waals surface area contributed by atoms with Gasteiger partial charge in [-0.2, -0.15) is 0 Å². The van der Waals surface area contributed by atoms with E-state index in [1.807, 2.05) is 34.6 Å². The van der Waals surface area contributed by atoms with E-state index in [2.05, 4.69) is 10.6 Å². The van der Waals surface area contributed by atoms with E-state index >= 15 is 0 Å². The van der Waals surface area contributed by atoms with Crippen LogP contribution in [0.25, 0.3) is 0 Å². The van der Waals surface area contributed by atoms with Crippen LogP contribution in [0.5, 0.6) is 0 Å². The molecular formula is C18H34N2O2. The minimum absolute atomic E-state index is 0.297. The van der Waals surface area contributed by atoms with Gasteiger partial charge in [-0.3, -0.25) is 0 Å². The Hall–Kier alpha value is -0.770. The average molecular weight is 310 g/mol. The van der Waals surface area contributed by atoms with Crippen molar-refractivity contribution in [2.45, 2.75) is 90.3 Å². The summed E-state index contributed by atoms with van der Waals surface area (Å²) < 4.78 is 5.34. The molecule has 0 aromatic rings. The summed E-state index contributed by atoms with van der Waals surface area (Å²) in [6.07, 6.45) is 7.91. The van der Waals surface area contributed by atoms with Gasteiger partial charge in [0.1, 0.15) is 5.60 Å². The Morgan fingerprint density at radius 1 is 1.05 bits per heavy atom. The van der Waals surface area contributed by atoms with Gasteiger partial charge in [0.2, 0.25) is 0 Å². The van der Waals surface area contributed by atoms with Crippen molar-refractivity contribution in [1.29, 1.82) is 0 Å². The first-order valence-corrected chi connectivity index (χ1v) is 8.89. The monoisotopic (exact) mass is 310 g/mol. The number of alkyl carbamates (subject to hydrolysis) is 1. The van der Waals surface area contributed by atoms with Crippen molar-refractivity contribution < 1.29 is 9.53 Å². The number of hydrogen-bond donors (Lipinski definition) is 2. The number of ether oxygens (including phenoxy) is 1. The fourth-order valence-electron chi connectivity index (χ4n) is 3.43. The van der Waals surface area contributed by atoms with Crippen molar-refractivity contribution in [3.63, 3.8) is 0 Å². The quantitative estimate of drug-likeness (QED) is 0.811. The van der Waals surface area contributed by atoms with E-state index in [0.717, 1.165) is 18.4 Å². The molecule has 0 saturated heterocycles. The summed E-state index contributed by atoms with van der Waals surface area (Å²) in [5.41, 5.74) is -0.747. The predicted molar refractivity (Wildman–Crippen MR) is 89.9 cm³/mol. The average Bonchev–Trinajstić information content (AvgIpc) is 3.18. The van der Waals surface area contributed by atoms with Crippen LogP contribution in [0, 0.1) is 11.8 Å². The first kappa shape index (κ1) is 17.6. The maximum atomic E-state index is 11.9. The van der Waals surface area contributed by atoms with E-state index < -0.39 is 5.60 Å². The Labute approximate surface area is 135 Å². The zero-order valence-electron chi connectivity index (χ0n) is 15.0. The maximum absolute atomic E-state index is 11.9. The van der Waals surface area contributed by atoms with Gasteiger partial charge in [-0.05, 0) is 72.1 Å². The molecule has 0 aliphatic heterocycles. The standard InChI is InChI=1S/C18H34N2O2/c1-17(2,3)22-16(21)20-18(4,5)12-19-15-8-6-7-14(11-15)13-9-10-13/h13-15,19H,6-12H2,1-5H3,(H,20,21). The van der Waals surface area contributed by atoms with Crippen LogP contribution in [-0.2, 0) is 4.74 Å². The third-order valence-corrected chi connectivity index (χ3v) is 4.68. The summed E-state index contributed by atoms with van der Waals surface area (Å²) >= 11 is 0. The Morgan fingerprint density at radius 2 is 1.73 bits per heavy atom. The minimum Gasteiger partial charge on any atom is -0.444 e.